The molecule has 5 nitrogen and oxygen atoms in total. The van der Waals surface area contributed by atoms with Crippen molar-refractivity contribution in [1.29, 1.82) is 0 Å². The predicted octanol–water partition coefficient (Wildman–Crippen LogP) is 4.38. The molecule has 1 aromatic heterocycles. The summed E-state index contributed by atoms with van der Waals surface area (Å²) in [5, 5.41) is 0. The lowest BCUT2D eigenvalue weighted by atomic mass is 9.95. The molecule has 0 radical (unpaired) electrons. The van der Waals surface area contributed by atoms with Crippen LogP contribution >= 0.6 is 0 Å². The number of carbonyl (C=O) groups excluding carboxylic acids is 1. The third-order valence-corrected chi connectivity index (χ3v) is 6.58. The molecule has 2 aliphatic heterocycles. The Balaban J connectivity index is 1.27. The number of piperidine rings is 1. The van der Waals surface area contributed by atoms with Gasteiger partial charge in [0.05, 0.1) is 11.0 Å². The van der Waals surface area contributed by atoms with Crippen molar-refractivity contribution < 1.29 is 4.79 Å². The van der Waals surface area contributed by atoms with Crippen LogP contribution in [0.5, 0.6) is 0 Å². The topological polar surface area (TPSA) is 41.4 Å². The number of hydrogen-bond donors (Lipinski definition) is 0. The number of amides is 1. The molecule has 0 spiro atoms. The first-order valence-corrected chi connectivity index (χ1v) is 11.5. The van der Waals surface area contributed by atoms with Gasteiger partial charge in [-0.3, -0.25) is 9.36 Å². The van der Waals surface area contributed by atoms with Gasteiger partial charge in [-0.25, -0.2) is 4.98 Å². The van der Waals surface area contributed by atoms with Crippen LogP contribution in [0.4, 0.5) is 0 Å². The number of likely N-dealkylation sites (tertiary alicyclic amines) is 1. The fourth-order valence-corrected chi connectivity index (χ4v) is 4.83. The first-order chi connectivity index (χ1) is 15.3. The molecule has 0 saturated carbocycles. The van der Waals surface area contributed by atoms with Gasteiger partial charge < -0.3 is 9.80 Å². The van der Waals surface area contributed by atoms with Gasteiger partial charge in [0.1, 0.15) is 6.33 Å². The summed E-state index contributed by atoms with van der Waals surface area (Å²) in [6.07, 6.45) is 10.7. The lowest BCUT2D eigenvalue weighted by molar-refractivity contribution is -0.126. The van der Waals surface area contributed by atoms with E-state index in [1.54, 1.807) is 6.08 Å². The van der Waals surface area contributed by atoms with E-state index >= 15 is 0 Å². The normalized spacial score (nSPS) is 19.9. The van der Waals surface area contributed by atoms with Gasteiger partial charge in [-0.05, 0) is 74.8 Å². The van der Waals surface area contributed by atoms with Gasteiger partial charge in [0.2, 0.25) is 5.91 Å². The first kappa shape index (κ1) is 20.0. The number of fused-ring (bicyclic) bond motifs is 1. The number of rotatable bonds is 6. The number of carbonyl (C=O) groups is 1. The highest BCUT2D eigenvalue weighted by molar-refractivity contribution is 5.89. The zero-order chi connectivity index (χ0) is 21.0. The molecule has 0 aliphatic carbocycles. The van der Waals surface area contributed by atoms with Gasteiger partial charge in [0.25, 0.3) is 0 Å². The second kappa shape index (κ2) is 9.06. The van der Waals surface area contributed by atoms with Crippen LogP contribution in [0.3, 0.4) is 0 Å². The summed E-state index contributed by atoms with van der Waals surface area (Å²) in [5.74, 6) is 0.364. The SMILES string of the molecule is O=C1C=CC(c2ccc3c(c2)ncn3-c2ccccc2)CN1CCCN1CCCCC1. The van der Waals surface area contributed by atoms with Crippen LogP contribution in [0.25, 0.3) is 16.7 Å². The molecule has 1 fully saturated rings. The number of nitrogens with zero attached hydrogens (tertiary/aromatic N) is 4. The first-order valence-electron chi connectivity index (χ1n) is 11.5. The van der Waals surface area contributed by atoms with Crippen LogP contribution in [0, 0.1) is 0 Å². The predicted molar refractivity (Wildman–Crippen MR) is 124 cm³/mol. The van der Waals surface area contributed by atoms with E-state index < -0.39 is 0 Å². The summed E-state index contributed by atoms with van der Waals surface area (Å²) in [6, 6.07) is 16.8. The molecule has 1 unspecified atom stereocenters. The van der Waals surface area contributed by atoms with E-state index in [2.05, 4.69) is 50.9 Å². The third-order valence-electron chi connectivity index (χ3n) is 6.58. The zero-order valence-electron chi connectivity index (χ0n) is 18.0. The molecule has 3 aromatic rings. The smallest absolute Gasteiger partial charge is 0.246 e. The summed E-state index contributed by atoms with van der Waals surface area (Å²) in [4.78, 5) is 21.6. The average Bonchev–Trinajstić information content (AvgIpc) is 3.25. The summed E-state index contributed by atoms with van der Waals surface area (Å²) < 4.78 is 2.12. The molecule has 31 heavy (non-hydrogen) atoms. The molecule has 1 atom stereocenters. The van der Waals surface area contributed by atoms with Crippen molar-refractivity contribution >= 4 is 16.9 Å². The molecule has 2 aliphatic rings. The molecule has 5 rings (SSSR count). The van der Waals surface area contributed by atoms with E-state index in [0.29, 0.717) is 0 Å². The summed E-state index contributed by atoms with van der Waals surface area (Å²) in [5.41, 5.74) is 4.42. The molecule has 2 aromatic carbocycles. The zero-order valence-corrected chi connectivity index (χ0v) is 18.0. The molecular formula is C26H30N4O. The Bertz CT molecular complexity index is 1070. The van der Waals surface area contributed by atoms with E-state index in [4.69, 9.17) is 0 Å². The second-order valence-electron chi connectivity index (χ2n) is 8.70. The Kier molecular flexibility index (Phi) is 5.85. The number of para-hydroxylation sites is 1. The quantitative estimate of drug-likeness (QED) is 0.601. The van der Waals surface area contributed by atoms with Gasteiger partial charge in [0.15, 0.2) is 0 Å². The Hall–Kier alpha value is -2.92. The monoisotopic (exact) mass is 414 g/mol. The maximum Gasteiger partial charge on any atom is 0.246 e. The molecular weight excluding hydrogens is 384 g/mol. The molecule has 5 heteroatoms. The van der Waals surface area contributed by atoms with Crippen molar-refractivity contribution in [2.24, 2.45) is 0 Å². The van der Waals surface area contributed by atoms with Crippen LogP contribution < -0.4 is 0 Å². The Morgan fingerprint density at radius 1 is 0.968 bits per heavy atom. The standard InChI is InChI=1S/C26H30N4O/c31-26-13-11-22(19-29(26)17-7-16-28-14-5-2-6-15-28)21-10-12-25-24(18-21)27-20-30(25)23-8-3-1-4-9-23/h1,3-4,8-13,18,20,22H,2,5-7,14-17,19H2. The highest BCUT2D eigenvalue weighted by Gasteiger charge is 2.23. The lowest BCUT2D eigenvalue weighted by Crippen LogP contribution is -2.39. The van der Waals surface area contributed by atoms with Gasteiger partial charge in [-0.15, -0.1) is 0 Å². The Morgan fingerprint density at radius 3 is 2.65 bits per heavy atom. The second-order valence-corrected chi connectivity index (χ2v) is 8.70. The summed E-state index contributed by atoms with van der Waals surface area (Å²) in [6.45, 7) is 5.11. The van der Waals surface area contributed by atoms with E-state index in [-0.39, 0.29) is 11.8 Å². The van der Waals surface area contributed by atoms with Crippen molar-refractivity contribution in [3.63, 3.8) is 0 Å². The minimum absolute atomic E-state index is 0.143. The van der Waals surface area contributed by atoms with Crippen molar-refractivity contribution in [2.45, 2.75) is 31.6 Å². The summed E-state index contributed by atoms with van der Waals surface area (Å²) in [7, 11) is 0. The molecule has 1 amide bonds. The number of benzene rings is 2. The van der Waals surface area contributed by atoms with Gasteiger partial charge >= 0.3 is 0 Å². The minimum atomic E-state index is 0.143. The van der Waals surface area contributed by atoms with E-state index in [0.717, 1.165) is 42.8 Å². The average molecular weight is 415 g/mol. The maximum absolute atomic E-state index is 12.4. The van der Waals surface area contributed by atoms with Crippen LogP contribution in [0.2, 0.25) is 0 Å². The molecule has 0 bridgehead atoms. The van der Waals surface area contributed by atoms with Crippen molar-refractivity contribution in [3.8, 4) is 5.69 Å². The fourth-order valence-electron chi connectivity index (χ4n) is 4.83. The van der Waals surface area contributed by atoms with Crippen LogP contribution in [0.15, 0.2) is 67.0 Å². The Labute approximate surface area is 184 Å². The van der Waals surface area contributed by atoms with Crippen LogP contribution in [-0.2, 0) is 4.79 Å². The van der Waals surface area contributed by atoms with Crippen molar-refractivity contribution in [2.75, 3.05) is 32.7 Å². The summed E-state index contributed by atoms with van der Waals surface area (Å²) >= 11 is 0. The maximum atomic E-state index is 12.4. The van der Waals surface area contributed by atoms with Gasteiger partial charge in [0, 0.05) is 24.7 Å². The van der Waals surface area contributed by atoms with E-state index in [9.17, 15) is 4.79 Å². The van der Waals surface area contributed by atoms with E-state index in [1.807, 2.05) is 29.4 Å². The highest BCUT2D eigenvalue weighted by Crippen LogP contribution is 2.27. The third kappa shape index (κ3) is 4.42. The van der Waals surface area contributed by atoms with Crippen molar-refractivity contribution in [3.05, 3.63) is 72.6 Å². The molecule has 0 N–H and O–H groups in total. The van der Waals surface area contributed by atoms with E-state index in [1.165, 1.54) is 37.9 Å². The lowest BCUT2D eigenvalue weighted by Gasteiger charge is -2.31. The number of imidazole rings is 1. The molecule has 160 valence electrons. The highest BCUT2D eigenvalue weighted by atomic mass is 16.2. The largest absolute Gasteiger partial charge is 0.338 e. The minimum Gasteiger partial charge on any atom is -0.338 e. The van der Waals surface area contributed by atoms with Crippen LogP contribution in [0.1, 0.15) is 37.2 Å². The van der Waals surface area contributed by atoms with Crippen LogP contribution in [-0.4, -0.2) is 58.0 Å². The van der Waals surface area contributed by atoms with Gasteiger partial charge in [-0.2, -0.15) is 0 Å². The fraction of sp³-hybridized carbons (Fsp3) is 0.385. The number of aromatic nitrogens is 2. The van der Waals surface area contributed by atoms with Gasteiger partial charge in [-0.1, -0.05) is 36.8 Å². The number of hydrogen-bond acceptors (Lipinski definition) is 3. The molecule has 1 saturated heterocycles. The molecule has 3 heterocycles. The Morgan fingerprint density at radius 2 is 1.81 bits per heavy atom. The van der Waals surface area contributed by atoms with Crippen molar-refractivity contribution in [1.82, 2.24) is 19.4 Å².